The molecule has 2 aliphatic heterocycles. The van der Waals surface area contributed by atoms with Gasteiger partial charge in [-0.05, 0) is 49.0 Å². The molecular formula is C22H33N3O4S. The van der Waals surface area contributed by atoms with Crippen LogP contribution in [0, 0.1) is 22.0 Å². The molecular weight excluding hydrogens is 402 g/mol. The minimum atomic E-state index is -0.372. The van der Waals surface area contributed by atoms with Crippen LogP contribution >= 0.6 is 11.8 Å². The van der Waals surface area contributed by atoms with E-state index in [0.717, 1.165) is 57.9 Å². The van der Waals surface area contributed by atoms with Crippen molar-refractivity contribution in [3.05, 3.63) is 33.9 Å². The maximum atomic E-state index is 13.0. The summed E-state index contributed by atoms with van der Waals surface area (Å²) in [6.45, 7) is 10.4. The van der Waals surface area contributed by atoms with Crippen LogP contribution in [0.2, 0.25) is 0 Å². The molecule has 8 heteroatoms. The van der Waals surface area contributed by atoms with Crippen LogP contribution in [0.5, 0.6) is 0 Å². The fourth-order valence-electron chi connectivity index (χ4n) is 3.97. The lowest BCUT2D eigenvalue weighted by Crippen LogP contribution is -2.44. The Morgan fingerprint density at radius 3 is 2.57 bits per heavy atom. The van der Waals surface area contributed by atoms with E-state index in [1.807, 2.05) is 4.90 Å². The van der Waals surface area contributed by atoms with Crippen molar-refractivity contribution in [3.8, 4) is 0 Å². The van der Waals surface area contributed by atoms with Crippen LogP contribution in [0.3, 0.4) is 0 Å². The van der Waals surface area contributed by atoms with Crippen LogP contribution in [0.15, 0.2) is 23.1 Å². The number of likely N-dealkylation sites (tertiary alicyclic amines) is 1. The second-order valence-corrected chi connectivity index (χ2v) is 9.76. The Hall–Kier alpha value is -1.64. The standard InChI is InChI=1S/C22H33N3O4S/c1-17(2)7-14-30-21-4-3-19(15-20(21)25(27)28)22(26)24-8-5-18(6-9-24)16-23-10-12-29-13-11-23/h3-4,15,17-18H,5-14,16H2,1-2H3. The van der Waals surface area contributed by atoms with Gasteiger partial charge in [0.1, 0.15) is 0 Å². The number of nitrogens with zero attached hydrogens (tertiary/aromatic N) is 3. The van der Waals surface area contributed by atoms with Gasteiger partial charge in [-0.3, -0.25) is 19.8 Å². The molecule has 166 valence electrons. The number of ether oxygens (including phenoxy) is 1. The lowest BCUT2D eigenvalue weighted by Gasteiger charge is -2.36. The molecule has 2 aliphatic rings. The van der Waals surface area contributed by atoms with Crippen molar-refractivity contribution in [2.75, 3.05) is 51.7 Å². The molecule has 7 nitrogen and oxygen atoms in total. The van der Waals surface area contributed by atoms with Crippen molar-refractivity contribution in [1.82, 2.24) is 9.80 Å². The molecule has 0 bridgehead atoms. The van der Waals surface area contributed by atoms with E-state index in [-0.39, 0.29) is 16.5 Å². The lowest BCUT2D eigenvalue weighted by atomic mass is 9.95. The number of hydrogen-bond donors (Lipinski definition) is 0. The average molecular weight is 436 g/mol. The van der Waals surface area contributed by atoms with E-state index in [9.17, 15) is 14.9 Å². The molecule has 0 saturated carbocycles. The first-order chi connectivity index (χ1) is 14.4. The predicted molar refractivity (Wildman–Crippen MR) is 119 cm³/mol. The molecule has 0 unspecified atom stereocenters. The van der Waals surface area contributed by atoms with Crippen LogP contribution in [-0.4, -0.2) is 72.3 Å². The van der Waals surface area contributed by atoms with Gasteiger partial charge in [-0.15, -0.1) is 11.8 Å². The number of piperidine rings is 1. The molecule has 0 spiro atoms. The number of carbonyl (C=O) groups excluding carboxylic acids is 1. The minimum absolute atomic E-state index is 0.0387. The van der Waals surface area contributed by atoms with Gasteiger partial charge >= 0.3 is 0 Å². The van der Waals surface area contributed by atoms with Crippen molar-refractivity contribution in [3.63, 3.8) is 0 Å². The van der Waals surface area contributed by atoms with Gasteiger partial charge in [-0.2, -0.15) is 0 Å². The zero-order chi connectivity index (χ0) is 21.5. The first-order valence-electron chi connectivity index (χ1n) is 10.9. The van der Waals surface area contributed by atoms with Crippen molar-refractivity contribution in [1.29, 1.82) is 0 Å². The Bertz CT molecular complexity index is 729. The van der Waals surface area contributed by atoms with Crippen molar-refractivity contribution in [2.24, 2.45) is 11.8 Å². The van der Waals surface area contributed by atoms with Gasteiger partial charge in [0.15, 0.2) is 0 Å². The summed E-state index contributed by atoms with van der Waals surface area (Å²) in [7, 11) is 0. The molecule has 3 rings (SSSR count). The maximum Gasteiger partial charge on any atom is 0.283 e. The third-order valence-electron chi connectivity index (χ3n) is 5.88. The van der Waals surface area contributed by atoms with Gasteiger partial charge in [0.05, 0.1) is 23.0 Å². The molecule has 0 aliphatic carbocycles. The summed E-state index contributed by atoms with van der Waals surface area (Å²) < 4.78 is 5.41. The number of rotatable bonds is 8. The van der Waals surface area contributed by atoms with E-state index in [4.69, 9.17) is 4.74 Å². The summed E-state index contributed by atoms with van der Waals surface area (Å²) in [4.78, 5) is 29.1. The monoisotopic (exact) mass is 435 g/mol. The van der Waals surface area contributed by atoms with Gasteiger partial charge in [0.2, 0.25) is 0 Å². The van der Waals surface area contributed by atoms with Crippen LogP contribution in [0.4, 0.5) is 5.69 Å². The van der Waals surface area contributed by atoms with Gasteiger partial charge in [0, 0.05) is 44.4 Å². The number of thioether (sulfide) groups is 1. The number of nitro benzene ring substituents is 1. The minimum Gasteiger partial charge on any atom is -0.379 e. The lowest BCUT2D eigenvalue weighted by molar-refractivity contribution is -0.387. The normalized spacial score (nSPS) is 18.7. The summed E-state index contributed by atoms with van der Waals surface area (Å²) >= 11 is 1.50. The fourth-order valence-corrected chi connectivity index (χ4v) is 5.22. The molecule has 0 aromatic heterocycles. The maximum absolute atomic E-state index is 13.0. The quantitative estimate of drug-likeness (QED) is 0.350. The molecule has 2 heterocycles. The molecule has 1 aromatic rings. The van der Waals surface area contributed by atoms with Crippen molar-refractivity contribution in [2.45, 2.75) is 38.0 Å². The van der Waals surface area contributed by atoms with Gasteiger partial charge in [-0.25, -0.2) is 0 Å². The van der Waals surface area contributed by atoms with Crippen LogP contribution in [0.1, 0.15) is 43.5 Å². The summed E-state index contributed by atoms with van der Waals surface area (Å²) in [5.41, 5.74) is 0.457. The van der Waals surface area contributed by atoms with Gasteiger partial charge in [0.25, 0.3) is 11.6 Å². The molecule has 1 aromatic carbocycles. The molecule has 0 radical (unpaired) electrons. The highest BCUT2D eigenvalue weighted by molar-refractivity contribution is 7.99. The Morgan fingerprint density at radius 2 is 1.93 bits per heavy atom. The number of amides is 1. The molecule has 1 amide bonds. The van der Waals surface area contributed by atoms with Crippen LogP contribution in [0.25, 0.3) is 0 Å². The number of hydrogen-bond acceptors (Lipinski definition) is 6. The van der Waals surface area contributed by atoms with Gasteiger partial charge < -0.3 is 9.64 Å². The highest BCUT2D eigenvalue weighted by atomic mass is 32.2. The molecule has 0 N–H and O–H groups in total. The van der Waals surface area contributed by atoms with Crippen LogP contribution < -0.4 is 0 Å². The Labute approximate surface area is 183 Å². The summed E-state index contributed by atoms with van der Waals surface area (Å²) in [6, 6.07) is 4.94. The molecule has 0 atom stereocenters. The summed E-state index contributed by atoms with van der Waals surface area (Å²) in [5.74, 6) is 1.90. The largest absolute Gasteiger partial charge is 0.379 e. The third-order valence-corrected chi connectivity index (χ3v) is 6.97. The zero-order valence-corrected chi connectivity index (χ0v) is 18.9. The smallest absolute Gasteiger partial charge is 0.283 e. The molecule has 30 heavy (non-hydrogen) atoms. The van der Waals surface area contributed by atoms with E-state index in [1.165, 1.54) is 17.8 Å². The summed E-state index contributed by atoms with van der Waals surface area (Å²) in [5, 5.41) is 11.6. The SMILES string of the molecule is CC(C)CCSc1ccc(C(=O)N2CCC(CN3CCOCC3)CC2)cc1[N+](=O)[O-]. The van der Waals surface area contributed by atoms with E-state index in [1.54, 1.807) is 12.1 Å². The Morgan fingerprint density at radius 1 is 1.23 bits per heavy atom. The number of benzene rings is 1. The Kier molecular flexibility index (Phi) is 8.53. The predicted octanol–water partition coefficient (Wildman–Crippen LogP) is 3.92. The zero-order valence-electron chi connectivity index (χ0n) is 18.0. The van der Waals surface area contributed by atoms with Gasteiger partial charge in [-0.1, -0.05) is 13.8 Å². The number of nitro groups is 1. The second kappa shape index (κ2) is 11.1. The van der Waals surface area contributed by atoms with Crippen LogP contribution in [-0.2, 0) is 4.74 Å². The van der Waals surface area contributed by atoms with E-state index in [2.05, 4.69) is 18.7 Å². The number of carbonyl (C=O) groups is 1. The third kappa shape index (κ3) is 6.43. The van der Waals surface area contributed by atoms with E-state index < -0.39 is 0 Å². The highest BCUT2D eigenvalue weighted by Crippen LogP contribution is 2.32. The fraction of sp³-hybridized carbons (Fsp3) is 0.682. The van der Waals surface area contributed by atoms with Crippen molar-refractivity contribution < 1.29 is 14.5 Å². The van der Waals surface area contributed by atoms with E-state index in [0.29, 0.717) is 35.4 Å². The highest BCUT2D eigenvalue weighted by Gasteiger charge is 2.27. The van der Waals surface area contributed by atoms with E-state index >= 15 is 0 Å². The average Bonchev–Trinajstić information content (AvgIpc) is 2.74. The van der Waals surface area contributed by atoms with Crippen molar-refractivity contribution >= 4 is 23.4 Å². The topological polar surface area (TPSA) is 75.9 Å². The summed E-state index contributed by atoms with van der Waals surface area (Å²) in [6.07, 6.45) is 2.96. The number of morpholine rings is 1. The second-order valence-electron chi connectivity index (χ2n) is 8.62. The first kappa shape index (κ1) is 23.0. The molecule has 2 saturated heterocycles. The first-order valence-corrected chi connectivity index (χ1v) is 11.9. The molecule has 2 fully saturated rings. The Balaban J connectivity index is 1.57.